The highest BCUT2D eigenvalue weighted by atomic mass is 16.5. The number of ether oxygens (including phenoxy) is 1. The molecule has 1 aromatic rings. The summed E-state index contributed by atoms with van der Waals surface area (Å²) in [5.74, 6) is 0.843. The minimum Gasteiger partial charge on any atom is -0.491 e. The summed E-state index contributed by atoms with van der Waals surface area (Å²) >= 11 is 0. The van der Waals surface area contributed by atoms with Crippen LogP contribution in [0.1, 0.15) is 25.8 Å². The van der Waals surface area contributed by atoms with Crippen molar-refractivity contribution in [3.05, 3.63) is 29.8 Å². The van der Waals surface area contributed by atoms with Crippen LogP contribution in [0.2, 0.25) is 0 Å². The van der Waals surface area contributed by atoms with E-state index in [4.69, 9.17) is 4.74 Å². The SMILES string of the molecule is CC[C@@H](C)NC[C@H](O)COc1ccccc1C. The number of para-hydroxylation sites is 1. The number of aliphatic hydroxyl groups excluding tert-OH is 1. The second-order valence-electron chi connectivity index (χ2n) is 4.45. The number of aliphatic hydroxyl groups is 1. The molecule has 0 aliphatic heterocycles. The Kier molecular flexibility index (Phi) is 6.01. The van der Waals surface area contributed by atoms with Crippen molar-refractivity contribution in [3.8, 4) is 5.75 Å². The molecule has 0 aliphatic rings. The minimum atomic E-state index is -0.469. The van der Waals surface area contributed by atoms with E-state index in [2.05, 4.69) is 19.2 Å². The highest BCUT2D eigenvalue weighted by Crippen LogP contribution is 2.16. The Bertz CT molecular complexity index is 328. The van der Waals surface area contributed by atoms with Gasteiger partial charge in [0.1, 0.15) is 18.5 Å². The molecule has 0 spiro atoms. The molecule has 2 N–H and O–H groups in total. The van der Waals surface area contributed by atoms with Crippen LogP contribution in [0.25, 0.3) is 0 Å². The van der Waals surface area contributed by atoms with E-state index in [1.807, 2.05) is 31.2 Å². The molecule has 0 bridgehead atoms. The summed E-state index contributed by atoms with van der Waals surface area (Å²) < 4.78 is 5.57. The maximum Gasteiger partial charge on any atom is 0.122 e. The molecule has 96 valence electrons. The van der Waals surface area contributed by atoms with Crippen LogP contribution in [-0.4, -0.2) is 30.4 Å². The van der Waals surface area contributed by atoms with Gasteiger partial charge in [0.05, 0.1) is 0 Å². The Hall–Kier alpha value is -1.06. The first-order valence-corrected chi connectivity index (χ1v) is 6.23. The predicted molar refractivity (Wildman–Crippen MR) is 70.4 cm³/mol. The zero-order valence-corrected chi connectivity index (χ0v) is 10.9. The molecule has 2 atom stereocenters. The van der Waals surface area contributed by atoms with Crippen molar-refractivity contribution in [3.63, 3.8) is 0 Å². The monoisotopic (exact) mass is 237 g/mol. The average Bonchev–Trinajstić information content (AvgIpc) is 2.35. The topological polar surface area (TPSA) is 41.5 Å². The van der Waals surface area contributed by atoms with Gasteiger partial charge in [-0.3, -0.25) is 0 Å². The lowest BCUT2D eigenvalue weighted by atomic mass is 10.2. The van der Waals surface area contributed by atoms with E-state index >= 15 is 0 Å². The third-order valence-corrected chi connectivity index (χ3v) is 2.84. The van der Waals surface area contributed by atoms with E-state index in [0.29, 0.717) is 19.2 Å². The maximum atomic E-state index is 9.76. The molecule has 1 rings (SSSR count). The minimum absolute atomic E-state index is 0.328. The quantitative estimate of drug-likeness (QED) is 0.763. The van der Waals surface area contributed by atoms with Crippen molar-refractivity contribution in [2.45, 2.75) is 39.3 Å². The lowest BCUT2D eigenvalue weighted by molar-refractivity contribution is 0.103. The lowest BCUT2D eigenvalue weighted by Gasteiger charge is -2.17. The second-order valence-corrected chi connectivity index (χ2v) is 4.45. The van der Waals surface area contributed by atoms with Gasteiger partial charge in [-0.05, 0) is 31.9 Å². The maximum absolute atomic E-state index is 9.76. The third-order valence-electron chi connectivity index (χ3n) is 2.84. The van der Waals surface area contributed by atoms with Crippen molar-refractivity contribution < 1.29 is 9.84 Å². The first kappa shape index (κ1) is 14.0. The highest BCUT2D eigenvalue weighted by molar-refractivity contribution is 5.31. The number of nitrogens with one attached hydrogen (secondary N) is 1. The van der Waals surface area contributed by atoms with Gasteiger partial charge in [0.25, 0.3) is 0 Å². The Morgan fingerprint density at radius 3 is 2.71 bits per heavy atom. The molecule has 0 radical (unpaired) electrons. The zero-order chi connectivity index (χ0) is 12.7. The van der Waals surface area contributed by atoms with Gasteiger partial charge in [-0.25, -0.2) is 0 Å². The van der Waals surface area contributed by atoms with Crippen LogP contribution in [0.4, 0.5) is 0 Å². The van der Waals surface area contributed by atoms with E-state index in [-0.39, 0.29) is 0 Å². The Balaban J connectivity index is 2.28. The summed E-state index contributed by atoms with van der Waals surface area (Å²) in [6.07, 6.45) is 0.592. The summed E-state index contributed by atoms with van der Waals surface area (Å²) in [5, 5.41) is 13.0. The van der Waals surface area contributed by atoms with Crippen molar-refractivity contribution in [2.75, 3.05) is 13.2 Å². The van der Waals surface area contributed by atoms with Crippen molar-refractivity contribution >= 4 is 0 Å². The molecule has 0 aliphatic carbocycles. The smallest absolute Gasteiger partial charge is 0.122 e. The molecule has 17 heavy (non-hydrogen) atoms. The van der Waals surface area contributed by atoms with E-state index in [9.17, 15) is 5.11 Å². The Labute approximate surface area is 104 Å². The van der Waals surface area contributed by atoms with Gasteiger partial charge in [-0.1, -0.05) is 25.1 Å². The summed E-state index contributed by atoms with van der Waals surface area (Å²) in [4.78, 5) is 0. The van der Waals surface area contributed by atoms with Gasteiger partial charge < -0.3 is 15.2 Å². The number of hydrogen-bond donors (Lipinski definition) is 2. The van der Waals surface area contributed by atoms with E-state index < -0.39 is 6.10 Å². The van der Waals surface area contributed by atoms with Crippen LogP contribution in [0, 0.1) is 6.92 Å². The second kappa shape index (κ2) is 7.30. The van der Waals surface area contributed by atoms with Gasteiger partial charge in [0, 0.05) is 12.6 Å². The zero-order valence-electron chi connectivity index (χ0n) is 10.9. The molecule has 0 amide bonds. The molecule has 0 aromatic heterocycles. The molecular weight excluding hydrogens is 214 g/mol. The molecule has 1 aromatic carbocycles. The fraction of sp³-hybridized carbons (Fsp3) is 0.571. The Morgan fingerprint density at radius 1 is 1.35 bits per heavy atom. The summed E-state index contributed by atoms with van der Waals surface area (Å²) in [6, 6.07) is 8.27. The predicted octanol–water partition coefficient (Wildman–Crippen LogP) is 2.12. The number of aryl methyl sites for hydroxylation is 1. The molecule has 0 unspecified atom stereocenters. The molecule has 0 heterocycles. The van der Waals surface area contributed by atoms with Crippen molar-refractivity contribution in [2.24, 2.45) is 0 Å². The number of benzene rings is 1. The molecule has 0 saturated heterocycles. The fourth-order valence-electron chi connectivity index (χ4n) is 1.44. The van der Waals surface area contributed by atoms with Crippen molar-refractivity contribution in [1.82, 2.24) is 5.32 Å². The van der Waals surface area contributed by atoms with Gasteiger partial charge >= 0.3 is 0 Å². The fourth-order valence-corrected chi connectivity index (χ4v) is 1.44. The normalized spacial score (nSPS) is 14.4. The largest absolute Gasteiger partial charge is 0.491 e. The molecule has 3 nitrogen and oxygen atoms in total. The number of hydrogen-bond acceptors (Lipinski definition) is 3. The van der Waals surface area contributed by atoms with Gasteiger partial charge in [0.2, 0.25) is 0 Å². The van der Waals surface area contributed by atoms with Crippen LogP contribution in [-0.2, 0) is 0 Å². The molecule has 3 heteroatoms. The lowest BCUT2D eigenvalue weighted by Crippen LogP contribution is -2.36. The van der Waals surface area contributed by atoms with Gasteiger partial charge in [-0.2, -0.15) is 0 Å². The number of rotatable bonds is 7. The first-order chi connectivity index (χ1) is 8.13. The van der Waals surface area contributed by atoms with Crippen molar-refractivity contribution in [1.29, 1.82) is 0 Å². The molecule has 0 fully saturated rings. The average molecular weight is 237 g/mol. The summed E-state index contributed by atoms with van der Waals surface area (Å²) in [7, 11) is 0. The third kappa shape index (κ3) is 5.20. The van der Waals surface area contributed by atoms with Gasteiger partial charge in [-0.15, -0.1) is 0 Å². The van der Waals surface area contributed by atoms with Crippen LogP contribution >= 0.6 is 0 Å². The highest BCUT2D eigenvalue weighted by Gasteiger charge is 2.07. The van der Waals surface area contributed by atoms with E-state index in [0.717, 1.165) is 17.7 Å². The van der Waals surface area contributed by atoms with Crippen LogP contribution in [0.15, 0.2) is 24.3 Å². The molecular formula is C14H23NO2. The molecule has 0 saturated carbocycles. The standard InChI is InChI=1S/C14H23NO2/c1-4-12(3)15-9-13(16)10-17-14-8-6-5-7-11(14)2/h5-8,12-13,15-16H,4,9-10H2,1-3H3/t12-,13+/m1/s1. The summed E-state index contributed by atoms with van der Waals surface area (Å²) in [6.45, 7) is 7.12. The van der Waals surface area contributed by atoms with Gasteiger partial charge in [0.15, 0.2) is 0 Å². The van der Waals surface area contributed by atoms with Crippen LogP contribution in [0.3, 0.4) is 0 Å². The first-order valence-electron chi connectivity index (χ1n) is 6.23. The van der Waals surface area contributed by atoms with E-state index in [1.165, 1.54) is 0 Å². The summed E-state index contributed by atoms with van der Waals surface area (Å²) in [5.41, 5.74) is 1.09. The van der Waals surface area contributed by atoms with E-state index in [1.54, 1.807) is 0 Å². The van der Waals surface area contributed by atoms with Crippen LogP contribution in [0.5, 0.6) is 5.75 Å². The Morgan fingerprint density at radius 2 is 2.06 bits per heavy atom. The van der Waals surface area contributed by atoms with Crippen LogP contribution < -0.4 is 10.1 Å².